The molecular formula is C8H11BrClN3. The molecule has 0 aromatic carbocycles. The summed E-state index contributed by atoms with van der Waals surface area (Å²) in [5, 5.41) is 0.559. The Bertz CT molecular complexity index is 263. The largest absolute Gasteiger partial charge is 0.343 e. The van der Waals surface area contributed by atoms with E-state index in [4.69, 9.17) is 11.6 Å². The predicted molar refractivity (Wildman–Crippen MR) is 58.7 cm³/mol. The van der Waals surface area contributed by atoms with Gasteiger partial charge in [0.2, 0.25) is 5.95 Å². The molecule has 0 radical (unpaired) electrons. The van der Waals surface area contributed by atoms with Crippen molar-refractivity contribution in [3.8, 4) is 0 Å². The summed E-state index contributed by atoms with van der Waals surface area (Å²) in [7, 11) is 1.95. The lowest BCUT2D eigenvalue weighted by molar-refractivity contribution is 0.838. The molecule has 1 unspecified atom stereocenters. The number of halogens is 2. The first-order valence-electron chi connectivity index (χ1n) is 3.92. The molecule has 0 amide bonds. The van der Waals surface area contributed by atoms with Gasteiger partial charge in [0.1, 0.15) is 0 Å². The van der Waals surface area contributed by atoms with Gasteiger partial charge in [-0.1, -0.05) is 34.5 Å². The minimum absolute atomic E-state index is 0.414. The molecule has 3 nitrogen and oxygen atoms in total. The molecular weight excluding hydrogens is 253 g/mol. The third kappa shape index (κ3) is 3.48. The van der Waals surface area contributed by atoms with E-state index in [9.17, 15) is 0 Å². The molecule has 5 heteroatoms. The van der Waals surface area contributed by atoms with Gasteiger partial charge in [0.15, 0.2) is 0 Å². The fraction of sp³-hybridized carbons (Fsp3) is 0.500. The molecule has 1 atom stereocenters. The van der Waals surface area contributed by atoms with Crippen LogP contribution < -0.4 is 4.90 Å². The van der Waals surface area contributed by atoms with Crippen molar-refractivity contribution in [1.29, 1.82) is 0 Å². The second-order valence-corrected chi connectivity index (χ2v) is 4.86. The van der Waals surface area contributed by atoms with E-state index < -0.39 is 0 Å². The van der Waals surface area contributed by atoms with Gasteiger partial charge >= 0.3 is 0 Å². The third-order valence-corrected chi connectivity index (χ3v) is 1.96. The van der Waals surface area contributed by atoms with Gasteiger partial charge in [-0.2, -0.15) is 0 Å². The fourth-order valence-corrected chi connectivity index (χ4v) is 1.49. The molecule has 13 heavy (non-hydrogen) atoms. The predicted octanol–water partition coefficient (Wildman–Crippen LogP) is 2.35. The molecule has 0 fully saturated rings. The van der Waals surface area contributed by atoms with Crippen molar-refractivity contribution in [2.75, 3.05) is 18.5 Å². The summed E-state index contributed by atoms with van der Waals surface area (Å²) in [4.78, 5) is 10.6. The Morgan fingerprint density at radius 2 is 2.08 bits per heavy atom. The van der Waals surface area contributed by atoms with Crippen LogP contribution in [0.15, 0.2) is 12.4 Å². The van der Waals surface area contributed by atoms with Gasteiger partial charge in [-0.3, -0.25) is 0 Å². The SMILES string of the molecule is CC(Br)CN(C)c1ncc(Cl)cn1. The first-order chi connectivity index (χ1) is 6.09. The van der Waals surface area contributed by atoms with Crippen molar-refractivity contribution in [1.82, 2.24) is 9.97 Å². The molecule has 0 aliphatic carbocycles. The Morgan fingerprint density at radius 3 is 2.54 bits per heavy atom. The minimum atomic E-state index is 0.414. The van der Waals surface area contributed by atoms with Crippen LogP contribution in [-0.4, -0.2) is 28.4 Å². The molecule has 72 valence electrons. The molecule has 1 aromatic rings. The Hall–Kier alpha value is -0.350. The van der Waals surface area contributed by atoms with Crippen molar-refractivity contribution < 1.29 is 0 Å². The van der Waals surface area contributed by atoms with Gasteiger partial charge in [-0.15, -0.1) is 0 Å². The van der Waals surface area contributed by atoms with E-state index in [1.165, 1.54) is 0 Å². The first-order valence-corrected chi connectivity index (χ1v) is 5.21. The van der Waals surface area contributed by atoms with Crippen LogP contribution >= 0.6 is 27.5 Å². The first kappa shape index (κ1) is 10.7. The van der Waals surface area contributed by atoms with E-state index in [2.05, 4.69) is 32.8 Å². The van der Waals surface area contributed by atoms with Crippen LogP contribution in [0.25, 0.3) is 0 Å². The van der Waals surface area contributed by atoms with Crippen LogP contribution in [0.3, 0.4) is 0 Å². The van der Waals surface area contributed by atoms with E-state index in [0.29, 0.717) is 15.8 Å². The zero-order valence-corrected chi connectivity index (χ0v) is 9.88. The van der Waals surface area contributed by atoms with Crippen LogP contribution in [0.1, 0.15) is 6.92 Å². The number of anilines is 1. The van der Waals surface area contributed by atoms with Crippen LogP contribution in [0.2, 0.25) is 5.02 Å². The number of hydrogen-bond donors (Lipinski definition) is 0. The maximum Gasteiger partial charge on any atom is 0.225 e. The van der Waals surface area contributed by atoms with Gasteiger partial charge in [-0.05, 0) is 0 Å². The van der Waals surface area contributed by atoms with Gasteiger partial charge in [0.05, 0.1) is 17.4 Å². The van der Waals surface area contributed by atoms with Crippen LogP contribution in [0.5, 0.6) is 0 Å². The molecule has 0 aliphatic heterocycles. The molecule has 0 spiro atoms. The van der Waals surface area contributed by atoms with E-state index >= 15 is 0 Å². The van der Waals surface area contributed by atoms with Crippen molar-refractivity contribution >= 4 is 33.5 Å². The maximum absolute atomic E-state index is 5.67. The molecule has 0 aliphatic rings. The van der Waals surface area contributed by atoms with Crippen molar-refractivity contribution in [3.63, 3.8) is 0 Å². The number of aromatic nitrogens is 2. The fourth-order valence-electron chi connectivity index (χ4n) is 0.962. The standard InChI is InChI=1S/C8H11BrClN3/c1-6(9)5-13(2)8-11-3-7(10)4-12-8/h3-4,6H,5H2,1-2H3. The summed E-state index contributed by atoms with van der Waals surface area (Å²) in [6.07, 6.45) is 3.19. The van der Waals surface area contributed by atoms with Gasteiger partial charge in [0, 0.05) is 18.4 Å². The zero-order chi connectivity index (χ0) is 9.84. The summed E-state index contributed by atoms with van der Waals surface area (Å²) >= 11 is 9.13. The summed E-state index contributed by atoms with van der Waals surface area (Å²) in [6.45, 7) is 2.94. The van der Waals surface area contributed by atoms with Crippen molar-refractivity contribution in [2.45, 2.75) is 11.8 Å². The average molecular weight is 265 g/mol. The molecule has 0 N–H and O–H groups in total. The van der Waals surface area contributed by atoms with E-state index in [-0.39, 0.29) is 0 Å². The van der Waals surface area contributed by atoms with E-state index in [0.717, 1.165) is 6.54 Å². The van der Waals surface area contributed by atoms with Gasteiger partial charge in [-0.25, -0.2) is 9.97 Å². The van der Waals surface area contributed by atoms with Crippen LogP contribution in [0.4, 0.5) is 5.95 Å². The average Bonchev–Trinajstić information content (AvgIpc) is 2.04. The molecule has 1 rings (SSSR count). The number of nitrogens with zero attached hydrogens (tertiary/aromatic N) is 3. The third-order valence-electron chi connectivity index (χ3n) is 1.47. The Balaban J connectivity index is 2.66. The van der Waals surface area contributed by atoms with Crippen molar-refractivity contribution in [3.05, 3.63) is 17.4 Å². The lowest BCUT2D eigenvalue weighted by atomic mass is 10.4. The highest BCUT2D eigenvalue weighted by Gasteiger charge is 2.06. The second-order valence-electron chi connectivity index (χ2n) is 2.86. The van der Waals surface area contributed by atoms with Crippen LogP contribution in [0, 0.1) is 0 Å². The smallest absolute Gasteiger partial charge is 0.225 e. The quantitative estimate of drug-likeness (QED) is 0.785. The molecule has 1 heterocycles. The minimum Gasteiger partial charge on any atom is -0.343 e. The Morgan fingerprint density at radius 1 is 1.54 bits per heavy atom. The molecule has 1 aromatic heterocycles. The highest BCUT2D eigenvalue weighted by molar-refractivity contribution is 9.09. The van der Waals surface area contributed by atoms with Gasteiger partial charge < -0.3 is 4.90 Å². The number of hydrogen-bond acceptors (Lipinski definition) is 3. The lowest BCUT2D eigenvalue weighted by Gasteiger charge is -2.17. The van der Waals surface area contributed by atoms with Gasteiger partial charge in [0.25, 0.3) is 0 Å². The normalized spacial score (nSPS) is 12.6. The Labute approximate surface area is 91.3 Å². The molecule has 0 saturated heterocycles. The van der Waals surface area contributed by atoms with E-state index in [1.807, 2.05) is 11.9 Å². The second kappa shape index (κ2) is 4.77. The summed E-state index contributed by atoms with van der Waals surface area (Å²) in [6, 6.07) is 0. The van der Waals surface area contributed by atoms with Crippen molar-refractivity contribution in [2.24, 2.45) is 0 Å². The summed E-state index contributed by atoms with van der Waals surface area (Å²) < 4.78 is 0. The van der Waals surface area contributed by atoms with Crippen LogP contribution in [-0.2, 0) is 0 Å². The molecule has 0 bridgehead atoms. The Kier molecular flexibility index (Phi) is 3.93. The maximum atomic E-state index is 5.67. The van der Waals surface area contributed by atoms with E-state index in [1.54, 1.807) is 12.4 Å². The number of alkyl halides is 1. The summed E-state index contributed by atoms with van der Waals surface area (Å²) in [5.41, 5.74) is 0. The highest BCUT2D eigenvalue weighted by Crippen LogP contribution is 2.10. The highest BCUT2D eigenvalue weighted by atomic mass is 79.9. The summed E-state index contributed by atoms with van der Waals surface area (Å²) in [5.74, 6) is 0.690. The zero-order valence-electron chi connectivity index (χ0n) is 7.54. The number of rotatable bonds is 3. The topological polar surface area (TPSA) is 29.0 Å². The molecule has 0 saturated carbocycles. The monoisotopic (exact) mass is 263 g/mol. The lowest BCUT2D eigenvalue weighted by Crippen LogP contribution is -2.25.